The number of oxime groups is 1. The molecule has 0 amide bonds. The Morgan fingerprint density at radius 2 is 2.05 bits per heavy atom. The number of hydrogen-bond acceptors (Lipinski definition) is 3. The van der Waals surface area contributed by atoms with Gasteiger partial charge in [-0.15, -0.1) is 0 Å². The first kappa shape index (κ1) is 15.3. The molecule has 1 aromatic rings. The number of hydrogen-bond donors (Lipinski definition) is 2. The molecule has 4 heteroatoms. The van der Waals surface area contributed by atoms with Gasteiger partial charge >= 0.3 is 0 Å². The van der Waals surface area contributed by atoms with Crippen molar-refractivity contribution in [2.45, 2.75) is 40.5 Å². The minimum Gasteiger partial charge on any atom is -0.493 e. The summed E-state index contributed by atoms with van der Waals surface area (Å²) in [5, 5.41) is 11.8. The maximum absolute atomic E-state index is 8.70. The number of nitrogens with zero attached hydrogens (tertiary/aromatic N) is 1. The molecule has 106 valence electrons. The molecular weight excluding hydrogens is 240 g/mol. The van der Waals surface area contributed by atoms with E-state index in [9.17, 15) is 0 Å². The van der Waals surface area contributed by atoms with Crippen molar-refractivity contribution in [3.63, 3.8) is 0 Å². The maximum Gasteiger partial charge on any atom is 0.144 e. The molecule has 4 nitrogen and oxygen atoms in total. The number of ether oxygens (including phenoxy) is 1. The van der Waals surface area contributed by atoms with Crippen molar-refractivity contribution in [2.24, 2.45) is 16.3 Å². The lowest BCUT2D eigenvalue weighted by Gasteiger charge is -2.22. The standard InChI is InChI=1S/C15H24N2O2/c1-11-6-7-12(2)13(10-11)19-9-5-8-15(3,4)14(16)17-18/h6-7,10,18H,5,8-9H2,1-4H3,(H2,16,17). The predicted octanol–water partition coefficient (Wildman–Crippen LogP) is 3.24. The van der Waals surface area contributed by atoms with E-state index in [1.165, 1.54) is 5.56 Å². The molecule has 0 aliphatic heterocycles. The summed E-state index contributed by atoms with van der Waals surface area (Å²) in [6.45, 7) is 8.63. The van der Waals surface area contributed by atoms with Gasteiger partial charge in [0, 0.05) is 5.41 Å². The van der Waals surface area contributed by atoms with Crippen molar-refractivity contribution in [3.8, 4) is 5.75 Å². The van der Waals surface area contributed by atoms with E-state index in [4.69, 9.17) is 15.7 Å². The van der Waals surface area contributed by atoms with Gasteiger partial charge in [0.1, 0.15) is 11.6 Å². The van der Waals surface area contributed by atoms with Crippen LogP contribution < -0.4 is 10.5 Å². The van der Waals surface area contributed by atoms with Crippen LogP contribution in [0.1, 0.15) is 37.8 Å². The summed E-state index contributed by atoms with van der Waals surface area (Å²) < 4.78 is 5.78. The van der Waals surface area contributed by atoms with Crippen LogP contribution >= 0.6 is 0 Å². The molecule has 0 atom stereocenters. The molecule has 0 spiro atoms. The summed E-state index contributed by atoms with van der Waals surface area (Å²) >= 11 is 0. The molecule has 1 aromatic carbocycles. The van der Waals surface area contributed by atoms with Gasteiger partial charge in [-0.2, -0.15) is 0 Å². The zero-order valence-corrected chi connectivity index (χ0v) is 12.2. The number of rotatable bonds is 6. The molecular formula is C15H24N2O2. The van der Waals surface area contributed by atoms with Crippen LogP contribution in [0.15, 0.2) is 23.4 Å². The highest BCUT2D eigenvalue weighted by Gasteiger charge is 2.22. The Labute approximate surface area is 115 Å². The first-order valence-electron chi connectivity index (χ1n) is 6.55. The fourth-order valence-corrected chi connectivity index (χ4v) is 1.82. The van der Waals surface area contributed by atoms with Gasteiger partial charge < -0.3 is 15.7 Å². The molecule has 0 fully saturated rings. The molecule has 0 saturated heterocycles. The first-order valence-corrected chi connectivity index (χ1v) is 6.55. The van der Waals surface area contributed by atoms with E-state index in [1.807, 2.05) is 33.8 Å². The third-order valence-electron chi connectivity index (χ3n) is 3.35. The summed E-state index contributed by atoms with van der Waals surface area (Å²) in [6, 6.07) is 6.18. The van der Waals surface area contributed by atoms with Crippen LogP contribution in [0.5, 0.6) is 5.75 Å². The smallest absolute Gasteiger partial charge is 0.144 e. The van der Waals surface area contributed by atoms with Crippen LogP contribution in [0.3, 0.4) is 0 Å². The van der Waals surface area contributed by atoms with E-state index in [-0.39, 0.29) is 11.3 Å². The van der Waals surface area contributed by atoms with Crippen molar-refractivity contribution in [1.29, 1.82) is 0 Å². The van der Waals surface area contributed by atoms with Crippen molar-refractivity contribution in [3.05, 3.63) is 29.3 Å². The average molecular weight is 264 g/mol. The third-order valence-corrected chi connectivity index (χ3v) is 3.35. The molecule has 0 aromatic heterocycles. The quantitative estimate of drug-likeness (QED) is 0.272. The van der Waals surface area contributed by atoms with E-state index < -0.39 is 0 Å². The highest BCUT2D eigenvalue weighted by molar-refractivity contribution is 5.85. The highest BCUT2D eigenvalue weighted by atomic mass is 16.5. The van der Waals surface area contributed by atoms with E-state index in [0.29, 0.717) is 6.61 Å². The lowest BCUT2D eigenvalue weighted by molar-refractivity contribution is 0.276. The second-order valence-corrected chi connectivity index (χ2v) is 5.59. The van der Waals surface area contributed by atoms with Crippen LogP contribution in [0.4, 0.5) is 0 Å². The number of amidine groups is 1. The third kappa shape index (κ3) is 4.47. The highest BCUT2D eigenvalue weighted by Crippen LogP contribution is 2.24. The van der Waals surface area contributed by atoms with Crippen molar-refractivity contribution >= 4 is 5.84 Å². The largest absolute Gasteiger partial charge is 0.493 e. The Morgan fingerprint density at radius 3 is 2.68 bits per heavy atom. The van der Waals surface area contributed by atoms with Gasteiger partial charge in [-0.25, -0.2) is 0 Å². The molecule has 0 bridgehead atoms. The van der Waals surface area contributed by atoms with Crippen molar-refractivity contribution in [1.82, 2.24) is 0 Å². The fourth-order valence-electron chi connectivity index (χ4n) is 1.82. The van der Waals surface area contributed by atoms with Gasteiger partial charge in [-0.3, -0.25) is 0 Å². The summed E-state index contributed by atoms with van der Waals surface area (Å²) in [4.78, 5) is 0. The molecule has 0 aliphatic carbocycles. The molecule has 1 rings (SSSR count). The molecule has 0 radical (unpaired) electrons. The number of aryl methyl sites for hydroxylation is 2. The topological polar surface area (TPSA) is 67.8 Å². The average Bonchev–Trinajstić information content (AvgIpc) is 2.37. The summed E-state index contributed by atoms with van der Waals surface area (Å²) in [7, 11) is 0. The normalized spacial score (nSPS) is 12.5. The lowest BCUT2D eigenvalue weighted by atomic mass is 9.87. The van der Waals surface area contributed by atoms with Crippen LogP contribution in [0.25, 0.3) is 0 Å². The second kappa shape index (κ2) is 6.45. The van der Waals surface area contributed by atoms with Crippen LogP contribution in [-0.4, -0.2) is 17.6 Å². The van der Waals surface area contributed by atoms with Gasteiger partial charge in [0.25, 0.3) is 0 Å². The lowest BCUT2D eigenvalue weighted by Crippen LogP contribution is -2.32. The van der Waals surface area contributed by atoms with Gasteiger partial charge in [-0.05, 0) is 43.9 Å². The summed E-state index contributed by atoms with van der Waals surface area (Å²) in [5.74, 6) is 1.20. The Morgan fingerprint density at radius 1 is 1.37 bits per heavy atom. The Balaban J connectivity index is 2.45. The zero-order chi connectivity index (χ0) is 14.5. The number of benzene rings is 1. The fraction of sp³-hybridized carbons (Fsp3) is 0.533. The van der Waals surface area contributed by atoms with Crippen LogP contribution in [0, 0.1) is 19.3 Å². The Bertz CT molecular complexity index is 453. The minimum atomic E-state index is -0.306. The van der Waals surface area contributed by atoms with E-state index in [0.717, 1.165) is 24.2 Å². The molecule has 0 heterocycles. The van der Waals surface area contributed by atoms with Gasteiger partial charge in [0.2, 0.25) is 0 Å². The van der Waals surface area contributed by atoms with Crippen LogP contribution in [0.2, 0.25) is 0 Å². The van der Waals surface area contributed by atoms with Gasteiger partial charge in [0.15, 0.2) is 0 Å². The summed E-state index contributed by atoms with van der Waals surface area (Å²) in [6.07, 6.45) is 1.67. The molecule has 0 unspecified atom stereocenters. The second-order valence-electron chi connectivity index (χ2n) is 5.59. The van der Waals surface area contributed by atoms with Gasteiger partial charge in [-0.1, -0.05) is 31.1 Å². The van der Waals surface area contributed by atoms with E-state index in [1.54, 1.807) is 0 Å². The summed E-state index contributed by atoms with van der Waals surface area (Å²) in [5.41, 5.74) is 7.67. The minimum absolute atomic E-state index is 0.263. The molecule has 3 N–H and O–H groups in total. The molecule has 19 heavy (non-hydrogen) atoms. The Kier molecular flexibility index (Phi) is 5.21. The van der Waals surface area contributed by atoms with Gasteiger partial charge in [0.05, 0.1) is 6.61 Å². The van der Waals surface area contributed by atoms with Crippen molar-refractivity contribution < 1.29 is 9.94 Å². The maximum atomic E-state index is 8.70. The first-order chi connectivity index (χ1) is 8.86. The van der Waals surface area contributed by atoms with Crippen LogP contribution in [-0.2, 0) is 0 Å². The van der Waals surface area contributed by atoms with Crippen molar-refractivity contribution in [2.75, 3.05) is 6.61 Å². The predicted molar refractivity (Wildman–Crippen MR) is 77.8 cm³/mol. The zero-order valence-electron chi connectivity index (χ0n) is 12.2. The SMILES string of the molecule is Cc1ccc(C)c(OCCCC(C)(C)C(N)=NO)c1. The molecule has 0 saturated carbocycles. The number of nitrogens with two attached hydrogens (primary N) is 1. The van der Waals surface area contributed by atoms with E-state index in [2.05, 4.69) is 17.3 Å². The molecule has 0 aliphatic rings. The monoisotopic (exact) mass is 264 g/mol. The Hall–Kier alpha value is -1.71. The van der Waals surface area contributed by atoms with E-state index >= 15 is 0 Å².